The highest BCUT2D eigenvalue weighted by atomic mass is 28.4. The highest BCUT2D eigenvalue weighted by molar-refractivity contribution is 6.43. The van der Waals surface area contributed by atoms with Gasteiger partial charge in [0.2, 0.25) is 0 Å². The highest BCUT2D eigenvalue weighted by Gasteiger charge is 2.16. The zero-order chi connectivity index (χ0) is 11.9. The van der Waals surface area contributed by atoms with Crippen molar-refractivity contribution in [3.05, 3.63) is 60.7 Å². The summed E-state index contributed by atoms with van der Waals surface area (Å²) < 4.78 is 16.8. The second-order valence-corrected chi connectivity index (χ2v) is 6.32. The number of hydrogen-bond donors (Lipinski definition) is 0. The first kappa shape index (κ1) is 11.9. The molecule has 2 rings (SSSR count). The quantitative estimate of drug-likeness (QED) is 0.757. The van der Waals surface area contributed by atoms with Crippen LogP contribution in [0.25, 0.3) is 0 Å². The third-order valence-electron chi connectivity index (χ3n) is 2.14. The lowest BCUT2D eigenvalue weighted by Gasteiger charge is -2.16. The number of benzene rings is 2. The first-order chi connectivity index (χ1) is 8.38. The van der Waals surface area contributed by atoms with Gasteiger partial charge in [0.1, 0.15) is 22.0 Å². The molecule has 0 heterocycles. The van der Waals surface area contributed by atoms with Gasteiger partial charge >= 0.3 is 9.53 Å². The Morgan fingerprint density at radius 1 is 0.706 bits per heavy atom. The Morgan fingerprint density at radius 3 is 1.47 bits per heavy atom. The third kappa shape index (κ3) is 3.74. The molecule has 17 heavy (non-hydrogen) atoms. The van der Waals surface area contributed by atoms with Crippen molar-refractivity contribution in [1.82, 2.24) is 0 Å². The minimum Gasteiger partial charge on any atom is -0.495 e. The molecule has 0 atom stereocenters. The molecule has 5 heteroatoms. The van der Waals surface area contributed by atoms with Crippen LogP contribution in [0.4, 0.5) is 0 Å². The van der Waals surface area contributed by atoms with E-state index < -0.39 is 9.53 Å². The van der Waals surface area contributed by atoms with Crippen molar-refractivity contribution < 1.29 is 13.0 Å². The van der Waals surface area contributed by atoms with Gasteiger partial charge in [0.15, 0.2) is 0 Å². The molecule has 0 N–H and O–H groups in total. The van der Waals surface area contributed by atoms with E-state index in [2.05, 4.69) is 0 Å². The Kier molecular flexibility index (Phi) is 4.37. The standard InChI is InChI=1S/C12H14O3Si2/c16-15-17(13-11-7-3-1-4-8-11)14-12-9-5-2-6-10-12/h1-10,17H,16H3. The summed E-state index contributed by atoms with van der Waals surface area (Å²) in [5.74, 6) is 1.58. The van der Waals surface area contributed by atoms with Crippen LogP contribution >= 0.6 is 0 Å². The SMILES string of the molecule is [SiH3]O[SiH](Oc1ccccc1)Oc1ccccc1. The van der Waals surface area contributed by atoms with Gasteiger partial charge in [-0.15, -0.1) is 0 Å². The summed E-state index contributed by atoms with van der Waals surface area (Å²) in [7, 11) is -1.50. The van der Waals surface area contributed by atoms with Gasteiger partial charge in [0.05, 0.1) is 0 Å². The molecule has 0 aromatic heterocycles. The average Bonchev–Trinajstić information content (AvgIpc) is 2.40. The Labute approximate surface area is 105 Å². The van der Waals surface area contributed by atoms with Gasteiger partial charge in [-0.2, -0.15) is 0 Å². The van der Waals surface area contributed by atoms with E-state index >= 15 is 0 Å². The smallest absolute Gasteiger partial charge is 0.495 e. The van der Waals surface area contributed by atoms with Crippen LogP contribution in [0.3, 0.4) is 0 Å². The maximum Gasteiger partial charge on any atom is 0.604 e. The first-order valence-electron chi connectivity index (χ1n) is 5.34. The fraction of sp³-hybridized carbons (Fsp3) is 0. The first-order valence-corrected chi connectivity index (χ1v) is 7.58. The van der Waals surface area contributed by atoms with Crippen LogP contribution in [-0.4, -0.2) is 20.0 Å². The van der Waals surface area contributed by atoms with Gasteiger partial charge in [-0.1, -0.05) is 36.4 Å². The molecule has 2 aromatic rings. The predicted octanol–water partition coefficient (Wildman–Crippen LogP) is 1.16. The number of para-hydroxylation sites is 2. The van der Waals surface area contributed by atoms with Gasteiger partial charge in [-0.3, -0.25) is 0 Å². The van der Waals surface area contributed by atoms with E-state index in [9.17, 15) is 0 Å². The van der Waals surface area contributed by atoms with E-state index in [4.69, 9.17) is 13.0 Å². The number of rotatable bonds is 5. The molecule has 0 aliphatic heterocycles. The molecule has 0 bridgehead atoms. The maximum absolute atomic E-state index is 5.70. The molecular weight excluding hydrogens is 248 g/mol. The minimum atomic E-state index is -2.10. The lowest BCUT2D eigenvalue weighted by atomic mass is 10.3. The summed E-state index contributed by atoms with van der Waals surface area (Å²) in [4.78, 5) is 0. The van der Waals surface area contributed by atoms with Gasteiger partial charge in [0.25, 0.3) is 0 Å². The van der Waals surface area contributed by atoms with Crippen LogP contribution < -0.4 is 8.85 Å². The van der Waals surface area contributed by atoms with E-state index in [0.717, 1.165) is 11.5 Å². The Morgan fingerprint density at radius 2 is 1.12 bits per heavy atom. The molecule has 3 nitrogen and oxygen atoms in total. The van der Waals surface area contributed by atoms with E-state index in [-0.39, 0.29) is 0 Å². The molecule has 0 spiro atoms. The van der Waals surface area contributed by atoms with Crippen LogP contribution in [0.2, 0.25) is 0 Å². The highest BCUT2D eigenvalue weighted by Crippen LogP contribution is 2.14. The number of hydrogen-bond acceptors (Lipinski definition) is 3. The van der Waals surface area contributed by atoms with Crippen LogP contribution in [0, 0.1) is 0 Å². The summed E-state index contributed by atoms with van der Waals surface area (Å²) in [6.45, 7) is 0. The maximum atomic E-state index is 5.70. The molecule has 0 saturated heterocycles. The lowest BCUT2D eigenvalue weighted by Crippen LogP contribution is -2.32. The van der Waals surface area contributed by atoms with Gasteiger partial charge in [0, 0.05) is 0 Å². The predicted molar refractivity (Wildman–Crippen MR) is 72.3 cm³/mol. The largest absolute Gasteiger partial charge is 0.604 e. The molecule has 0 aliphatic carbocycles. The van der Waals surface area contributed by atoms with Crippen molar-refractivity contribution >= 4 is 20.0 Å². The monoisotopic (exact) mass is 262 g/mol. The molecule has 0 saturated carbocycles. The zero-order valence-corrected chi connectivity index (χ0v) is 12.7. The molecule has 0 fully saturated rings. The third-order valence-corrected chi connectivity index (χ3v) is 4.61. The van der Waals surface area contributed by atoms with E-state index in [1.807, 2.05) is 60.7 Å². The topological polar surface area (TPSA) is 27.7 Å². The Bertz CT molecular complexity index is 395. The summed E-state index contributed by atoms with van der Waals surface area (Å²) >= 11 is 0. The van der Waals surface area contributed by atoms with Crippen molar-refractivity contribution in [2.45, 2.75) is 0 Å². The van der Waals surface area contributed by atoms with Crippen molar-refractivity contribution in [3.63, 3.8) is 0 Å². The average molecular weight is 262 g/mol. The molecule has 0 radical (unpaired) electrons. The summed E-state index contributed by atoms with van der Waals surface area (Å²) in [5, 5.41) is 0. The molecule has 88 valence electrons. The molecule has 0 unspecified atom stereocenters. The van der Waals surface area contributed by atoms with Crippen LogP contribution in [-0.2, 0) is 4.12 Å². The lowest BCUT2D eigenvalue weighted by molar-refractivity contribution is 0.319. The molecule has 0 aliphatic rings. The Hall–Kier alpha value is -1.57. The van der Waals surface area contributed by atoms with Crippen LogP contribution in [0.1, 0.15) is 0 Å². The van der Waals surface area contributed by atoms with E-state index in [0.29, 0.717) is 10.5 Å². The molecule has 2 aromatic carbocycles. The van der Waals surface area contributed by atoms with Crippen LogP contribution in [0.15, 0.2) is 60.7 Å². The van der Waals surface area contributed by atoms with E-state index in [1.165, 1.54) is 0 Å². The van der Waals surface area contributed by atoms with Crippen molar-refractivity contribution in [3.8, 4) is 11.5 Å². The zero-order valence-electron chi connectivity index (χ0n) is 9.58. The summed E-state index contributed by atoms with van der Waals surface area (Å²) in [5.41, 5.74) is 0. The van der Waals surface area contributed by atoms with Gasteiger partial charge < -0.3 is 13.0 Å². The fourth-order valence-electron chi connectivity index (χ4n) is 1.34. The Balaban J connectivity index is 1.98. The fourth-order valence-corrected chi connectivity index (χ4v) is 2.92. The normalized spacial score (nSPS) is 10.4. The molecule has 0 amide bonds. The second kappa shape index (κ2) is 6.24. The van der Waals surface area contributed by atoms with Gasteiger partial charge in [-0.25, -0.2) is 0 Å². The molecular formula is C12H14O3Si2. The van der Waals surface area contributed by atoms with Gasteiger partial charge in [-0.05, 0) is 24.3 Å². The van der Waals surface area contributed by atoms with E-state index in [1.54, 1.807) is 0 Å². The summed E-state index contributed by atoms with van der Waals surface area (Å²) in [6.07, 6.45) is 0. The summed E-state index contributed by atoms with van der Waals surface area (Å²) in [6, 6.07) is 19.2. The van der Waals surface area contributed by atoms with Crippen LogP contribution in [0.5, 0.6) is 11.5 Å². The van der Waals surface area contributed by atoms with Crippen molar-refractivity contribution in [2.75, 3.05) is 0 Å². The second-order valence-electron chi connectivity index (χ2n) is 3.39. The van der Waals surface area contributed by atoms with Crippen molar-refractivity contribution in [1.29, 1.82) is 0 Å². The minimum absolute atomic E-state index is 0.605. The van der Waals surface area contributed by atoms with Crippen molar-refractivity contribution in [2.24, 2.45) is 0 Å².